The van der Waals surface area contributed by atoms with E-state index in [0.717, 1.165) is 43.4 Å². The first-order valence-corrected chi connectivity index (χ1v) is 12.7. The Labute approximate surface area is 179 Å². The van der Waals surface area contributed by atoms with Crippen LogP contribution in [0, 0.1) is 46.3 Å². The van der Waals surface area contributed by atoms with Crippen molar-refractivity contribution in [3.05, 3.63) is 11.6 Å². The maximum absolute atomic E-state index is 11.2. The van der Waals surface area contributed by atoms with Gasteiger partial charge >= 0.3 is 0 Å². The molecule has 0 spiro atoms. The second-order valence-corrected chi connectivity index (χ2v) is 12.3. The summed E-state index contributed by atoms with van der Waals surface area (Å²) in [5.41, 5.74) is 2.17. The predicted octanol–water partition coefficient (Wildman–Crippen LogP) is 6.36. The standard InChI is InChI=1S/C27H46O2/c1-17(2)7-6-8-18(3)25-24(29)16-23-21-10-9-19-15-20(28)11-13-26(19,4)22(21)12-14-27(23,25)5/h9,17-18,20-25,28-29H,6-8,10-16H2,1-5H3/t18-,20+,21-,22+,23+,24?,25-,26+,27+/m1/s1. The van der Waals surface area contributed by atoms with Gasteiger partial charge in [0.2, 0.25) is 0 Å². The summed E-state index contributed by atoms with van der Waals surface area (Å²) in [6, 6.07) is 0. The molecular weight excluding hydrogens is 356 g/mol. The van der Waals surface area contributed by atoms with Gasteiger partial charge in [0.05, 0.1) is 12.2 Å². The Balaban J connectivity index is 1.53. The van der Waals surface area contributed by atoms with E-state index in [9.17, 15) is 10.2 Å². The maximum atomic E-state index is 11.2. The van der Waals surface area contributed by atoms with E-state index in [1.165, 1.54) is 38.5 Å². The van der Waals surface area contributed by atoms with Crippen LogP contribution in [0.4, 0.5) is 0 Å². The van der Waals surface area contributed by atoms with Crippen LogP contribution in [0.3, 0.4) is 0 Å². The van der Waals surface area contributed by atoms with Crippen molar-refractivity contribution in [1.29, 1.82) is 0 Å². The molecule has 4 aliphatic carbocycles. The molecule has 0 aromatic heterocycles. The molecule has 2 N–H and O–H groups in total. The summed E-state index contributed by atoms with van der Waals surface area (Å²) in [4.78, 5) is 0. The van der Waals surface area contributed by atoms with E-state index in [0.29, 0.717) is 28.6 Å². The van der Waals surface area contributed by atoms with Crippen LogP contribution < -0.4 is 0 Å². The minimum Gasteiger partial charge on any atom is -0.393 e. The number of hydrogen-bond acceptors (Lipinski definition) is 2. The van der Waals surface area contributed by atoms with Gasteiger partial charge in [-0.25, -0.2) is 0 Å². The molecule has 1 unspecified atom stereocenters. The van der Waals surface area contributed by atoms with Crippen molar-refractivity contribution in [2.24, 2.45) is 46.3 Å². The Morgan fingerprint density at radius 3 is 2.52 bits per heavy atom. The third kappa shape index (κ3) is 3.65. The summed E-state index contributed by atoms with van der Waals surface area (Å²) >= 11 is 0. The van der Waals surface area contributed by atoms with Gasteiger partial charge in [-0.15, -0.1) is 0 Å². The van der Waals surface area contributed by atoms with Gasteiger partial charge in [0.25, 0.3) is 0 Å². The largest absolute Gasteiger partial charge is 0.393 e. The second-order valence-electron chi connectivity index (χ2n) is 12.3. The number of allylic oxidation sites excluding steroid dienone is 1. The second kappa shape index (κ2) is 7.97. The van der Waals surface area contributed by atoms with Crippen LogP contribution in [0.25, 0.3) is 0 Å². The molecule has 29 heavy (non-hydrogen) atoms. The van der Waals surface area contributed by atoms with Gasteiger partial charge < -0.3 is 10.2 Å². The molecule has 0 bridgehead atoms. The van der Waals surface area contributed by atoms with Crippen molar-refractivity contribution in [2.45, 2.75) is 111 Å². The molecule has 0 aliphatic heterocycles. The molecule has 0 radical (unpaired) electrons. The topological polar surface area (TPSA) is 40.5 Å². The average molecular weight is 403 g/mol. The highest BCUT2D eigenvalue weighted by atomic mass is 16.3. The lowest BCUT2D eigenvalue weighted by Crippen LogP contribution is -2.51. The molecule has 0 aromatic rings. The maximum Gasteiger partial charge on any atom is 0.0579 e. The number of rotatable bonds is 5. The summed E-state index contributed by atoms with van der Waals surface area (Å²) in [6.07, 6.45) is 14.0. The van der Waals surface area contributed by atoms with Gasteiger partial charge in [0.15, 0.2) is 0 Å². The molecule has 3 saturated carbocycles. The van der Waals surface area contributed by atoms with Gasteiger partial charge in [-0.3, -0.25) is 0 Å². The van der Waals surface area contributed by atoms with Crippen LogP contribution in [0.15, 0.2) is 11.6 Å². The predicted molar refractivity (Wildman–Crippen MR) is 120 cm³/mol. The lowest BCUT2D eigenvalue weighted by molar-refractivity contribution is -0.0620. The quantitative estimate of drug-likeness (QED) is 0.525. The normalized spacial score (nSPS) is 47.9. The molecule has 9 atom stereocenters. The van der Waals surface area contributed by atoms with Crippen molar-refractivity contribution in [2.75, 3.05) is 0 Å². The molecule has 0 heterocycles. The van der Waals surface area contributed by atoms with Gasteiger partial charge in [-0.1, -0.05) is 65.5 Å². The molecule has 0 amide bonds. The Hall–Kier alpha value is -0.340. The van der Waals surface area contributed by atoms with Crippen LogP contribution in [0.1, 0.15) is 98.8 Å². The van der Waals surface area contributed by atoms with Crippen LogP contribution in [0.5, 0.6) is 0 Å². The van der Waals surface area contributed by atoms with E-state index in [-0.39, 0.29) is 12.2 Å². The lowest BCUT2D eigenvalue weighted by atomic mass is 9.47. The molecule has 2 heteroatoms. The van der Waals surface area contributed by atoms with Gasteiger partial charge in [0.1, 0.15) is 0 Å². The Bertz CT molecular complexity index is 624. The van der Waals surface area contributed by atoms with Crippen LogP contribution >= 0.6 is 0 Å². The molecule has 166 valence electrons. The number of aliphatic hydroxyl groups excluding tert-OH is 2. The van der Waals surface area contributed by atoms with E-state index in [1.807, 2.05) is 0 Å². The van der Waals surface area contributed by atoms with Crippen molar-refractivity contribution in [1.82, 2.24) is 0 Å². The zero-order chi connectivity index (χ0) is 21.0. The van der Waals surface area contributed by atoms with Gasteiger partial charge in [0, 0.05) is 0 Å². The molecule has 2 nitrogen and oxygen atoms in total. The summed E-state index contributed by atoms with van der Waals surface area (Å²) in [7, 11) is 0. The Kier molecular flexibility index (Phi) is 6.01. The Morgan fingerprint density at radius 1 is 1.03 bits per heavy atom. The lowest BCUT2D eigenvalue weighted by Gasteiger charge is -2.58. The zero-order valence-corrected chi connectivity index (χ0v) is 19.7. The van der Waals surface area contributed by atoms with Crippen molar-refractivity contribution in [3.8, 4) is 0 Å². The molecule has 0 aromatic carbocycles. The van der Waals surface area contributed by atoms with Crippen molar-refractivity contribution in [3.63, 3.8) is 0 Å². The number of hydrogen-bond donors (Lipinski definition) is 2. The van der Waals surface area contributed by atoms with E-state index in [1.54, 1.807) is 5.57 Å². The van der Waals surface area contributed by atoms with Crippen LogP contribution in [-0.2, 0) is 0 Å². The highest BCUT2D eigenvalue weighted by molar-refractivity contribution is 5.25. The molecule has 4 rings (SSSR count). The van der Waals surface area contributed by atoms with Crippen molar-refractivity contribution < 1.29 is 10.2 Å². The fourth-order valence-electron chi connectivity index (χ4n) is 8.75. The minimum absolute atomic E-state index is 0.107. The van der Waals surface area contributed by atoms with Crippen LogP contribution in [-0.4, -0.2) is 22.4 Å². The third-order valence-corrected chi connectivity index (χ3v) is 10.2. The van der Waals surface area contributed by atoms with E-state index in [2.05, 4.69) is 40.7 Å². The zero-order valence-electron chi connectivity index (χ0n) is 19.7. The first-order valence-electron chi connectivity index (χ1n) is 12.7. The third-order valence-electron chi connectivity index (χ3n) is 10.2. The Morgan fingerprint density at radius 2 is 1.79 bits per heavy atom. The highest BCUT2D eigenvalue weighted by Gasteiger charge is 2.61. The molecule has 4 aliphatic rings. The first-order chi connectivity index (χ1) is 13.7. The molecular formula is C27H46O2. The van der Waals surface area contributed by atoms with E-state index in [4.69, 9.17) is 0 Å². The highest BCUT2D eigenvalue weighted by Crippen LogP contribution is 2.67. The molecule has 3 fully saturated rings. The summed E-state index contributed by atoms with van der Waals surface area (Å²) in [5.74, 6) is 4.07. The number of aliphatic hydroxyl groups is 2. The SMILES string of the molecule is CC(C)CCC[C@@H](C)[C@@H]1C(O)C[C@H]2[C@@H]3CC=C4C[C@@H](O)CC[C@]4(C)[C@H]3CC[C@@]21C. The number of fused-ring (bicyclic) bond motifs is 5. The smallest absolute Gasteiger partial charge is 0.0579 e. The minimum atomic E-state index is -0.121. The van der Waals surface area contributed by atoms with Gasteiger partial charge in [-0.2, -0.15) is 0 Å². The van der Waals surface area contributed by atoms with E-state index >= 15 is 0 Å². The summed E-state index contributed by atoms with van der Waals surface area (Å²) in [6.45, 7) is 12.1. The average Bonchev–Trinajstić information content (AvgIpc) is 2.92. The van der Waals surface area contributed by atoms with Gasteiger partial charge in [-0.05, 0) is 91.3 Å². The summed E-state index contributed by atoms with van der Waals surface area (Å²) in [5, 5.41) is 21.4. The van der Waals surface area contributed by atoms with E-state index < -0.39 is 0 Å². The summed E-state index contributed by atoms with van der Waals surface area (Å²) < 4.78 is 0. The fraction of sp³-hybridized carbons (Fsp3) is 0.926. The monoisotopic (exact) mass is 402 g/mol. The van der Waals surface area contributed by atoms with Crippen LogP contribution in [0.2, 0.25) is 0 Å². The first kappa shape index (κ1) is 21.9. The fourth-order valence-corrected chi connectivity index (χ4v) is 8.75. The molecule has 0 saturated heterocycles. The van der Waals surface area contributed by atoms with Crippen molar-refractivity contribution >= 4 is 0 Å².